The maximum Gasteiger partial charge on any atom is 0.337 e. The van der Waals surface area contributed by atoms with Gasteiger partial charge >= 0.3 is 5.97 Å². The van der Waals surface area contributed by atoms with Crippen LogP contribution in [0.5, 0.6) is 0 Å². The molecule has 6 nitrogen and oxygen atoms in total. The zero-order chi connectivity index (χ0) is 21.5. The average Bonchev–Trinajstić information content (AvgIpc) is 2.75. The highest BCUT2D eigenvalue weighted by molar-refractivity contribution is 7.99. The van der Waals surface area contributed by atoms with Crippen LogP contribution < -0.4 is 5.32 Å². The summed E-state index contributed by atoms with van der Waals surface area (Å²) in [6.45, 7) is 0. The van der Waals surface area contributed by atoms with E-state index in [1.165, 1.54) is 23.9 Å². The highest BCUT2D eigenvalue weighted by Crippen LogP contribution is 2.26. The minimum absolute atomic E-state index is 0.0792. The number of benzene rings is 2. The molecule has 0 saturated heterocycles. The van der Waals surface area contributed by atoms with E-state index in [0.717, 1.165) is 11.3 Å². The second kappa shape index (κ2) is 9.92. The number of hydrogen-bond acceptors (Lipinski definition) is 5. The summed E-state index contributed by atoms with van der Waals surface area (Å²) >= 11 is 7.15. The molecule has 0 spiro atoms. The molecule has 0 aliphatic rings. The van der Waals surface area contributed by atoms with Gasteiger partial charge in [0.1, 0.15) is 11.1 Å². The Morgan fingerprint density at radius 2 is 1.90 bits per heavy atom. The number of thioether (sulfide) groups is 1. The Bertz CT molecular complexity index is 1130. The maximum absolute atomic E-state index is 12.2. The standard InChI is InChI=1S/C22H16ClN3O3S/c23-18-8-7-16(12-17(18)22(28)29)25-20(27)10-11-30-21-15(13-24)6-9-19(26-21)14-4-2-1-3-5-14/h1-9,12H,10-11H2,(H,25,27)(H,28,29). The number of carbonyl (C=O) groups excluding carboxylic acids is 1. The van der Waals surface area contributed by atoms with Gasteiger partial charge in [-0.1, -0.05) is 41.9 Å². The molecule has 1 heterocycles. The van der Waals surface area contributed by atoms with Crippen LogP contribution in [0.25, 0.3) is 11.3 Å². The SMILES string of the molecule is N#Cc1ccc(-c2ccccc2)nc1SCCC(=O)Nc1ccc(Cl)c(C(=O)O)c1. The fourth-order valence-corrected chi connectivity index (χ4v) is 3.75. The molecule has 2 N–H and O–H groups in total. The summed E-state index contributed by atoms with van der Waals surface area (Å²) in [5.41, 5.74) is 2.42. The number of pyridine rings is 1. The molecule has 0 unspecified atom stereocenters. The number of aromatic carboxylic acids is 1. The summed E-state index contributed by atoms with van der Waals surface area (Å²) in [6, 6.07) is 19.5. The maximum atomic E-state index is 12.2. The van der Waals surface area contributed by atoms with Crippen molar-refractivity contribution in [2.45, 2.75) is 11.4 Å². The van der Waals surface area contributed by atoms with Crippen LogP contribution in [0.15, 0.2) is 65.7 Å². The predicted molar refractivity (Wildman–Crippen MR) is 117 cm³/mol. The molecule has 0 radical (unpaired) electrons. The molecular weight excluding hydrogens is 422 g/mol. The van der Waals surface area contributed by atoms with Gasteiger partial charge in [-0.25, -0.2) is 9.78 Å². The van der Waals surface area contributed by atoms with Crippen molar-refractivity contribution >= 4 is 40.9 Å². The second-order valence-electron chi connectivity index (χ2n) is 6.17. The average molecular weight is 438 g/mol. The fraction of sp³-hybridized carbons (Fsp3) is 0.0909. The predicted octanol–water partition coefficient (Wildman–Crippen LogP) is 5.09. The van der Waals surface area contributed by atoms with E-state index in [0.29, 0.717) is 22.0 Å². The number of halogens is 1. The summed E-state index contributed by atoms with van der Waals surface area (Å²) in [5, 5.41) is 21.8. The van der Waals surface area contributed by atoms with Crippen LogP contribution >= 0.6 is 23.4 Å². The van der Waals surface area contributed by atoms with Gasteiger partial charge in [0.25, 0.3) is 0 Å². The Morgan fingerprint density at radius 1 is 1.13 bits per heavy atom. The normalized spacial score (nSPS) is 10.3. The van der Waals surface area contributed by atoms with E-state index in [1.54, 1.807) is 18.2 Å². The summed E-state index contributed by atoms with van der Waals surface area (Å²) in [6.07, 6.45) is 0.164. The van der Waals surface area contributed by atoms with E-state index in [1.807, 2.05) is 30.3 Å². The van der Waals surface area contributed by atoms with Gasteiger partial charge in [-0.05, 0) is 30.3 Å². The van der Waals surface area contributed by atoms with Crippen LogP contribution in [0.4, 0.5) is 5.69 Å². The Balaban J connectivity index is 1.63. The third-order valence-corrected chi connectivity index (χ3v) is 5.42. The van der Waals surface area contributed by atoms with Crippen molar-refractivity contribution in [1.29, 1.82) is 5.26 Å². The Hall–Kier alpha value is -3.34. The lowest BCUT2D eigenvalue weighted by Crippen LogP contribution is -2.13. The van der Waals surface area contributed by atoms with Gasteiger partial charge in [0.05, 0.1) is 21.8 Å². The van der Waals surface area contributed by atoms with Crippen LogP contribution in [0.2, 0.25) is 5.02 Å². The quantitative estimate of drug-likeness (QED) is 0.499. The lowest BCUT2D eigenvalue weighted by Gasteiger charge is -2.08. The number of rotatable bonds is 7. The van der Waals surface area contributed by atoms with Gasteiger partial charge in [-0.2, -0.15) is 5.26 Å². The van der Waals surface area contributed by atoms with E-state index in [-0.39, 0.29) is 22.9 Å². The number of nitrogens with one attached hydrogen (secondary N) is 1. The summed E-state index contributed by atoms with van der Waals surface area (Å²) in [5.74, 6) is -1.04. The zero-order valence-electron chi connectivity index (χ0n) is 15.6. The van der Waals surface area contributed by atoms with Gasteiger partial charge in [0.15, 0.2) is 0 Å². The first-order valence-electron chi connectivity index (χ1n) is 8.90. The lowest BCUT2D eigenvalue weighted by molar-refractivity contribution is -0.115. The van der Waals surface area contributed by atoms with E-state index in [2.05, 4.69) is 16.4 Å². The molecular formula is C22H16ClN3O3S. The number of amides is 1. The molecule has 150 valence electrons. The molecule has 3 rings (SSSR count). The van der Waals surface area contributed by atoms with E-state index in [4.69, 9.17) is 16.7 Å². The highest BCUT2D eigenvalue weighted by Gasteiger charge is 2.12. The van der Waals surface area contributed by atoms with E-state index >= 15 is 0 Å². The highest BCUT2D eigenvalue weighted by atomic mass is 35.5. The van der Waals surface area contributed by atoms with E-state index < -0.39 is 5.97 Å². The van der Waals surface area contributed by atoms with Crippen molar-refractivity contribution in [3.05, 3.63) is 76.8 Å². The van der Waals surface area contributed by atoms with Gasteiger partial charge in [-0.3, -0.25) is 4.79 Å². The Labute approximate surface area is 182 Å². The molecule has 3 aromatic rings. The van der Waals surface area contributed by atoms with Crippen molar-refractivity contribution in [2.24, 2.45) is 0 Å². The van der Waals surface area contributed by atoms with Crippen molar-refractivity contribution in [2.75, 3.05) is 11.1 Å². The van der Waals surface area contributed by atoms with Gasteiger partial charge in [-0.15, -0.1) is 11.8 Å². The fourth-order valence-electron chi connectivity index (χ4n) is 2.64. The van der Waals surface area contributed by atoms with Crippen molar-refractivity contribution < 1.29 is 14.7 Å². The van der Waals surface area contributed by atoms with Gasteiger partial charge in [0.2, 0.25) is 5.91 Å². The molecule has 0 aliphatic heterocycles. The summed E-state index contributed by atoms with van der Waals surface area (Å²) < 4.78 is 0. The molecule has 1 amide bonds. The summed E-state index contributed by atoms with van der Waals surface area (Å²) in [7, 11) is 0. The minimum atomic E-state index is -1.17. The monoisotopic (exact) mass is 437 g/mol. The van der Waals surface area contributed by atoms with Crippen molar-refractivity contribution in [1.82, 2.24) is 4.98 Å². The molecule has 8 heteroatoms. The van der Waals surface area contributed by atoms with Crippen LogP contribution in [-0.2, 0) is 4.79 Å². The van der Waals surface area contributed by atoms with Crippen molar-refractivity contribution in [3.8, 4) is 17.3 Å². The number of carbonyl (C=O) groups is 2. The molecule has 0 atom stereocenters. The third kappa shape index (κ3) is 5.38. The van der Waals surface area contributed by atoms with Gasteiger partial charge in [0, 0.05) is 23.4 Å². The number of hydrogen-bond donors (Lipinski definition) is 2. The third-order valence-electron chi connectivity index (χ3n) is 4.10. The first-order chi connectivity index (χ1) is 14.5. The smallest absolute Gasteiger partial charge is 0.337 e. The molecule has 0 aliphatic carbocycles. The lowest BCUT2D eigenvalue weighted by atomic mass is 10.1. The molecule has 30 heavy (non-hydrogen) atoms. The van der Waals surface area contributed by atoms with Crippen molar-refractivity contribution in [3.63, 3.8) is 0 Å². The number of aromatic nitrogens is 1. The van der Waals surface area contributed by atoms with Gasteiger partial charge < -0.3 is 10.4 Å². The van der Waals surface area contributed by atoms with Crippen LogP contribution in [-0.4, -0.2) is 27.7 Å². The first-order valence-corrected chi connectivity index (χ1v) is 10.3. The Morgan fingerprint density at radius 3 is 2.60 bits per heavy atom. The number of nitriles is 1. The molecule has 0 bridgehead atoms. The van der Waals surface area contributed by atoms with Crippen LogP contribution in [0.3, 0.4) is 0 Å². The topological polar surface area (TPSA) is 103 Å². The Kier molecular flexibility index (Phi) is 7.07. The minimum Gasteiger partial charge on any atom is -0.478 e. The van der Waals surface area contributed by atoms with E-state index in [9.17, 15) is 14.9 Å². The second-order valence-corrected chi connectivity index (χ2v) is 7.66. The van der Waals surface area contributed by atoms with Crippen LogP contribution in [0, 0.1) is 11.3 Å². The molecule has 0 fully saturated rings. The number of nitrogens with zero attached hydrogens (tertiary/aromatic N) is 2. The largest absolute Gasteiger partial charge is 0.478 e. The molecule has 0 saturated carbocycles. The van der Waals surface area contributed by atoms with Crippen LogP contribution in [0.1, 0.15) is 22.3 Å². The zero-order valence-corrected chi connectivity index (χ0v) is 17.2. The summed E-state index contributed by atoms with van der Waals surface area (Å²) in [4.78, 5) is 27.9. The number of carboxylic acid groups (broad SMARTS) is 1. The molecule has 1 aromatic heterocycles. The molecule has 2 aromatic carbocycles. The number of anilines is 1. The first kappa shape index (κ1) is 21.4. The number of carboxylic acids is 1.